The topological polar surface area (TPSA) is 78.5 Å². The van der Waals surface area contributed by atoms with Crippen LogP contribution in [0.25, 0.3) is 0 Å². The van der Waals surface area contributed by atoms with Crippen molar-refractivity contribution < 1.29 is 13.2 Å². The highest BCUT2D eigenvalue weighted by Gasteiger charge is 2.25. The molecular formula is C17H28ClN3O3S. The molecule has 6 nitrogen and oxygen atoms in total. The number of nitrogens with zero attached hydrogens (tertiary/aromatic N) is 1. The Morgan fingerprint density at radius 3 is 2.32 bits per heavy atom. The number of hydrogen-bond donors (Lipinski definition) is 2. The summed E-state index contributed by atoms with van der Waals surface area (Å²) in [5.74, 6) is -0.0438. The van der Waals surface area contributed by atoms with Crippen LogP contribution in [0.2, 0.25) is 0 Å². The summed E-state index contributed by atoms with van der Waals surface area (Å²) in [7, 11) is -1.53. The van der Waals surface area contributed by atoms with Crippen LogP contribution in [0, 0.1) is 0 Å². The SMILES string of the molecule is CNCCCNC(=O)Cc1ccc(S(=O)(=O)N2CCCCC2)cc1.Cl. The Labute approximate surface area is 156 Å². The molecule has 1 amide bonds. The lowest BCUT2D eigenvalue weighted by atomic mass is 10.1. The van der Waals surface area contributed by atoms with Crippen LogP contribution in [-0.2, 0) is 21.2 Å². The molecule has 0 aromatic heterocycles. The Hall–Kier alpha value is -1.15. The lowest BCUT2D eigenvalue weighted by molar-refractivity contribution is -0.120. The third-order valence-electron chi connectivity index (χ3n) is 4.17. The van der Waals surface area contributed by atoms with Gasteiger partial charge in [0.15, 0.2) is 0 Å². The number of amides is 1. The summed E-state index contributed by atoms with van der Waals surface area (Å²) in [5.41, 5.74) is 0.818. The smallest absolute Gasteiger partial charge is 0.243 e. The second kappa shape index (κ2) is 10.8. The predicted octanol–water partition coefficient (Wildman–Crippen LogP) is 1.55. The van der Waals surface area contributed by atoms with Gasteiger partial charge in [-0.2, -0.15) is 4.31 Å². The largest absolute Gasteiger partial charge is 0.356 e. The molecule has 1 aliphatic rings. The fourth-order valence-electron chi connectivity index (χ4n) is 2.77. The second-order valence-corrected chi connectivity index (χ2v) is 8.03. The van der Waals surface area contributed by atoms with Crippen molar-refractivity contribution in [3.63, 3.8) is 0 Å². The highest BCUT2D eigenvalue weighted by Crippen LogP contribution is 2.20. The van der Waals surface area contributed by atoms with E-state index in [1.54, 1.807) is 28.6 Å². The molecule has 0 radical (unpaired) electrons. The van der Waals surface area contributed by atoms with Gasteiger partial charge < -0.3 is 10.6 Å². The van der Waals surface area contributed by atoms with E-state index in [1.165, 1.54) is 0 Å². The van der Waals surface area contributed by atoms with E-state index >= 15 is 0 Å². The number of benzene rings is 1. The fourth-order valence-corrected chi connectivity index (χ4v) is 4.29. The maximum Gasteiger partial charge on any atom is 0.243 e. The average Bonchev–Trinajstić information content (AvgIpc) is 2.60. The maximum absolute atomic E-state index is 12.6. The van der Waals surface area contributed by atoms with E-state index in [-0.39, 0.29) is 24.7 Å². The van der Waals surface area contributed by atoms with Gasteiger partial charge >= 0.3 is 0 Å². The van der Waals surface area contributed by atoms with Crippen molar-refractivity contribution in [1.82, 2.24) is 14.9 Å². The molecule has 1 saturated heterocycles. The summed E-state index contributed by atoms with van der Waals surface area (Å²) in [6.45, 7) is 2.70. The molecule has 1 heterocycles. The molecule has 0 saturated carbocycles. The van der Waals surface area contributed by atoms with Gasteiger partial charge in [0.25, 0.3) is 0 Å². The molecule has 0 aliphatic carbocycles. The standard InChI is InChI=1S/C17H27N3O3S.ClH/c1-18-10-5-11-19-17(21)14-15-6-8-16(9-7-15)24(22,23)20-12-3-2-4-13-20;/h6-9,18H,2-5,10-14H2,1H3,(H,19,21);1H. The van der Waals surface area contributed by atoms with Crippen LogP contribution >= 0.6 is 12.4 Å². The van der Waals surface area contributed by atoms with Crippen molar-refractivity contribution in [3.05, 3.63) is 29.8 Å². The molecule has 1 aliphatic heterocycles. The third-order valence-corrected chi connectivity index (χ3v) is 6.08. The first-order chi connectivity index (χ1) is 11.5. The van der Waals surface area contributed by atoms with Gasteiger partial charge in [0, 0.05) is 19.6 Å². The molecule has 0 spiro atoms. The number of nitrogens with one attached hydrogen (secondary N) is 2. The zero-order valence-corrected chi connectivity index (χ0v) is 16.3. The van der Waals surface area contributed by atoms with E-state index in [2.05, 4.69) is 10.6 Å². The van der Waals surface area contributed by atoms with Gasteiger partial charge in [-0.05, 0) is 50.6 Å². The van der Waals surface area contributed by atoms with Gasteiger partial charge in [0.05, 0.1) is 11.3 Å². The van der Waals surface area contributed by atoms with Gasteiger partial charge in [-0.15, -0.1) is 12.4 Å². The number of carbonyl (C=O) groups excluding carboxylic acids is 1. The highest BCUT2D eigenvalue weighted by atomic mass is 35.5. The molecule has 0 atom stereocenters. The van der Waals surface area contributed by atoms with Crippen LogP contribution in [0.4, 0.5) is 0 Å². The zero-order valence-electron chi connectivity index (χ0n) is 14.7. The lowest BCUT2D eigenvalue weighted by Crippen LogP contribution is -2.35. The molecule has 25 heavy (non-hydrogen) atoms. The summed E-state index contributed by atoms with van der Waals surface area (Å²) in [5, 5.41) is 5.88. The highest BCUT2D eigenvalue weighted by molar-refractivity contribution is 7.89. The second-order valence-electron chi connectivity index (χ2n) is 6.09. The summed E-state index contributed by atoms with van der Waals surface area (Å²) >= 11 is 0. The van der Waals surface area contributed by atoms with Crippen LogP contribution in [0.5, 0.6) is 0 Å². The fraction of sp³-hybridized carbons (Fsp3) is 0.588. The lowest BCUT2D eigenvalue weighted by Gasteiger charge is -2.25. The Morgan fingerprint density at radius 1 is 1.08 bits per heavy atom. The number of carbonyl (C=O) groups is 1. The van der Waals surface area contributed by atoms with Gasteiger partial charge in [0.2, 0.25) is 15.9 Å². The van der Waals surface area contributed by atoms with E-state index in [9.17, 15) is 13.2 Å². The van der Waals surface area contributed by atoms with Crippen LogP contribution in [0.3, 0.4) is 0 Å². The molecule has 142 valence electrons. The minimum Gasteiger partial charge on any atom is -0.356 e. The minimum absolute atomic E-state index is 0. The van der Waals surface area contributed by atoms with E-state index in [0.29, 0.717) is 24.5 Å². The Morgan fingerprint density at radius 2 is 1.72 bits per heavy atom. The van der Waals surface area contributed by atoms with Crippen molar-refractivity contribution in [2.75, 3.05) is 33.2 Å². The predicted molar refractivity (Wildman–Crippen MR) is 102 cm³/mol. The maximum atomic E-state index is 12.6. The van der Waals surface area contributed by atoms with Crippen LogP contribution in [0.1, 0.15) is 31.2 Å². The quantitative estimate of drug-likeness (QED) is 0.661. The van der Waals surface area contributed by atoms with E-state index < -0.39 is 10.0 Å². The molecule has 8 heteroatoms. The molecule has 2 N–H and O–H groups in total. The van der Waals surface area contributed by atoms with Crippen molar-refractivity contribution in [1.29, 1.82) is 0 Å². The first-order valence-corrected chi connectivity index (χ1v) is 9.98. The Kier molecular flexibility index (Phi) is 9.42. The average molecular weight is 390 g/mol. The summed E-state index contributed by atoms with van der Waals surface area (Å²) in [6.07, 6.45) is 4.09. The Balaban J connectivity index is 0.00000312. The normalized spacial score (nSPS) is 15.4. The molecule has 1 fully saturated rings. The molecule has 0 bridgehead atoms. The van der Waals surface area contributed by atoms with Crippen molar-refractivity contribution >= 4 is 28.3 Å². The van der Waals surface area contributed by atoms with Crippen molar-refractivity contribution in [2.24, 2.45) is 0 Å². The van der Waals surface area contributed by atoms with Crippen LogP contribution < -0.4 is 10.6 Å². The van der Waals surface area contributed by atoms with E-state index in [4.69, 9.17) is 0 Å². The number of rotatable bonds is 8. The molecule has 1 aromatic carbocycles. The minimum atomic E-state index is -3.40. The first-order valence-electron chi connectivity index (χ1n) is 8.54. The van der Waals surface area contributed by atoms with Crippen molar-refractivity contribution in [3.8, 4) is 0 Å². The number of sulfonamides is 1. The summed E-state index contributed by atoms with van der Waals surface area (Å²) in [4.78, 5) is 12.2. The molecular weight excluding hydrogens is 362 g/mol. The van der Waals surface area contributed by atoms with E-state index in [1.807, 2.05) is 7.05 Å². The van der Waals surface area contributed by atoms with Gasteiger partial charge in [-0.3, -0.25) is 4.79 Å². The number of piperidine rings is 1. The van der Waals surface area contributed by atoms with Crippen LogP contribution in [-0.4, -0.2) is 51.9 Å². The van der Waals surface area contributed by atoms with Gasteiger partial charge in [0.1, 0.15) is 0 Å². The molecule has 0 unspecified atom stereocenters. The number of halogens is 1. The third kappa shape index (κ3) is 6.58. The summed E-state index contributed by atoms with van der Waals surface area (Å²) < 4.78 is 26.7. The Bertz CT molecular complexity index is 629. The van der Waals surface area contributed by atoms with Crippen LogP contribution in [0.15, 0.2) is 29.2 Å². The first kappa shape index (κ1) is 21.9. The van der Waals surface area contributed by atoms with E-state index in [0.717, 1.165) is 37.8 Å². The molecule has 1 aromatic rings. The monoisotopic (exact) mass is 389 g/mol. The van der Waals surface area contributed by atoms with Crippen molar-refractivity contribution in [2.45, 2.75) is 37.0 Å². The number of hydrogen-bond acceptors (Lipinski definition) is 4. The van der Waals surface area contributed by atoms with Gasteiger partial charge in [-0.25, -0.2) is 8.42 Å². The summed E-state index contributed by atoms with van der Waals surface area (Å²) in [6, 6.07) is 6.66. The zero-order chi connectivity index (χ0) is 17.4. The molecule has 2 rings (SSSR count). The van der Waals surface area contributed by atoms with Gasteiger partial charge in [-0.1, -0.05) is 18.6 Å².